The lowest BCUT2D eigenvalue weighted by atomic mass is 9.96. The Labute approximate surface area is 209 Å². The summed E-state index contributed by atoms with van der Waals surface area (Å²) in [7, 11) is 0. The first-order valence-electron chi connectivity index (χ1n) is 12.3. The lowest BCUT2D eigenvalue weighted by Gasteiger charge is -2.11. The zero-order valence-electron chi connectivity index (χ0n) is 20.2. The predicted molar refractivity (Wildman–Crippen MR) is 136 cm³/mol. The zero-order valence-corrected chi connectivity index (χ0v) is 20.2. The summed E-state index contributed by atoms with van der Waals surface area (Å²) in [6, 6.07) is 17.6. The number of rotatable bonds is 9. The first kappa shape index (κ1) is 25.4. The molecule has 0 aliphatic rings. The van der Waals surface area contributed by atoms with Crippen molar-refractivity contribution in [2.45, 2.75) is 51.9 Å². The maximum absolute atomic E-state index is 15.2. The van der Waals surface area contributed by atoms with E-state index in [0.29, 0.717) is 33.0 Å². The summed E-state index contributed by atoms with van der Waals surface area (Å²) in [6.07, 6.45) is 5.83. The van der Waals surface area contributed by atoms with Crippen LogP contribution in [0.15, 0.2) is 60.7 Å². The van der Waals surface area contributed by atoms with Gasteiger partial charge < -0.3 is 0 Å². The number of hydrogen-bond acceptors (Lipinski definition) is 1. The van der Waals surface area contributed by atoms with Gasteiger partial charge in [0.25, 0.3) is 0 Å². The van der Waals surface area contributed by atoms with Gasteiger partial charge in [-0.05, 0) is 77.6 Å². The third-order valence-electron chi connectivity index (χ3n) is 6.59. The van der Waals surface area contributed by atoms with Gasteiger partial charge in [-0.25, -0.2) is 17.6 Å². The van der Waals surface area contributed by atoms with Crippen LogP contribution in [0.25, 0.3) is 21.9 Å². The lowest BCUT2D eigenvalue weighted by Crippen LogP contribution is -1.99. The first-order valence-corrected chi connectivity index (χ1v) is 12.3. The Morgan fingerprint density at radius 2 is 1.44 bits per heavy atom. The van der Waals surface area contributed by atoms with Gasteiger partial charge in [0.05, 0.1) is 0 Å². The van der Waals surface area contributed by atoms with Crippen LogP contribution in [0.1, 0.15) is 54.9 Å². The van der Waals surface area contributed by atoms with Crippen molar-refractivity contribution in [3.63, 3.8) is 0 Å². The lowest BCUT2D eigenvalue weighted by molar-refractivity contribution is 0.572. The molecule has 0 heterocycles. The van der Waals surface area contributed by atoms with Gasteiger partial charge in [0.2, 0.25) is 0 Å². The molecule has 4 aromatic rings. The smallest absolute Gasteiger partial charge is 0.144 e. The molecule has 4 rings (SSSR count). The molecule has 36 heavy (non-hydrogen) atoms. The second-order valence-electron chi connectivity index (χ2n) is 9.15. The second kappa shape index (κ2) is 11.4. The Morgan fingerprint density at radius 1 is 0.694 bits per heavy atom. The maximum Gasteiger partial charge on any atom is 0.144 e. The van der Waals surface area contributed by atoms with Gasteiger partial charge in [-0.3, -0.25) is 0 Å². The van der Waals surface area contributed by atoms with Crippen molar-refractivity contribution in [1.82, 2.24) is 0 Å². The Hall–Kier alpha value is -3.65. The summed E-state index contributed by atoms with van der Waals surface area (Å²) in [5, 5.41) is 9.85. The van der Waals surface area contributed by atoms with Crippen molar-refractivity contribution in [1.29, 1.82) is 5.26 Å². The molecule has 0 amide bonds. The number of halogens is 4. The van der Waals surface area contributed by atoms with Crippen LogP contribution in [0.4, 0.5) is 17.6 Å². The van der Waals surface area contributed by atoms with Crippen LogP contribution in [-0.4, -0.2) is 0 Å². The van der Waals surface area contributed by atoms with E-state index in [1.807, 2.05) is 6.07 Å². The quantitative estimate of drug-likeness (QED) is 0.170. The molecule has 4 aromatic carbocycles. The van der Waals surface area contributed by atoms with Gasteiger partial charge in [-0.1, -0.05) is 62.6 Å². The van der Waals surface area contributed by atoms with Crippen molar-refractivity contribution >= 4 is 10.8 Å². The minimum absolute atomic E-state index is 0.218. The third-order valence-corrected chi connectivity index (χ3v) is 6.59. The number of benzene rings is 4. The number of unbranched alkanes of at least 4 members (excludes halogenated alkanes) is 3. The monoisotopic (exact) mass is 489 g/mol. The molecular formula is C31H27F4N. The van der Waals surface area contributed by atoms with Crippen LogP contribution in [0.2, 0.25) is 0 Å². The van der Waals surface area contributed by atoms with E-state index in [4.69, 9.17) is 5.26 Å². The summed E-state index contributed by atoms with van der Waals surface area (Å²) in [5.41, 5.74) is 2.27. The number of nitrogens with zero attached hydrogens (tertiary/aromatic N) is 1. The Morgan fingerprint density at radius 3 is 2.14 bits per heavy atom. The fourth-order valence-corrected chi connectivity index (χ4v) is 4.56. The molecule has 1 nitrogen and oxygen atoms in total. The van der Waals surface area contributed by atoms with E-state index in [1.165, 1.54) is 12.5 Å². The van der Waals surface area contributed by atoms with Gasteiger partial charge in [0.15, 0.2) is 0 Å². The second-order valence-corrected chi connectivity index (χ2v) is 9.15. The Balaban J connectivity index is 1.52. The van der Waals surface area contributed by atoms with Crippen molar-refractivity contribution in [3.8, 4) is 17.2 Å². The highest BCUT2D eigenvalue weighted by Gasteiger charge is 2.14. The van der Waals surface area contributed by atoms with Crippen molar-refractivity contribution < 1.29 is 17.6 Å². The molecule has 0 spiro atoms. The summed E-state index contributed by atoms with van der Waals surface area (Å²) >= 11 is 0. The fourth-order valence-electron chi connectivity index (χ4n) is 4.56. The predicted octanol–water partition coefficient (Wildman–Crippen LogP) is 8.84. The average Bonchev–Trinajstić information content (AvgIpc) is 2.86. The first-order chi connectivity index (χ1) is 17.4. The van der Waals surface area contributed by atoms with E-state index in [1.54, 1.807) is 42.5 Å². The fraction of sp³-hybridized carbons (Fsp3) is 0.258. The molecule has 0 atom stereocenters. The average molecular weight is 490 g/mol. The summed E-state index contributed by atoms with van der Waals surface area (Å²) in [5.74, 6) is -2.54. The summed E-state index contributed by atoms with van der Waals surface area (Å²) < 4.78 is 57.8. The molecule has 0 saturated heterocycles. The van der Waals surface area contributed by atoms with Crippen LogP contribution in [0, 0.1) is 34.6 Å². The van der Waals surface area contributed by atoms with Crippen LogP contribution in [0.5, 0.6) is 0 Å². The molecule has 0 N–H and O–H groups in total. The van der Waals surface area contributed by atoms with E-state index in [0.717, 1.165) is 43.4 Å². The largest absolute Gasteiger partial charge is 0.206 e. The zero-order chi connectivity index (χ0) is 25.7. The van der Waals surface area contributed by atoms with Gasteiger partial charge in [0, 0.05) is 10.9 Å². The van der Waals surface area contributed by atoms with E-state index in [2.05, 4.69) is 6.92 Å². The molecule has 0 aromatic heterocycles. The highest BCUT2D eigenvalue weighted by atomic mass is 19.1. The van der Waals surface area contributed by atoms with Gasteiger partial charge in [-0.2, -0.15) is 5.26 Å². The van der Waals surface area contributed by atoms with Gasteiger partial charge in [-0.15, -0.1) is 0 Å². The third kappa shape index (κ3) is 5.60. The highest BCUT2D eigenvalue weighted by molar-refractivity contribution is 5.88. The minimum atomic E-state index is -0.921. The molecular weight excluding hydrogens is 462 g/mol. The number of hydrogen-bond donors (Lipinski definition) is 0. The van der Waals surface area contributed by atoms with Crippen LogP contribution < -0.4 is 0 Å². The van der Waals surface area contributed by atoms with Crippen LogP contribution in [0.3, 0.4) is 0 Å². The summed E-state index contributed by atoms with van der Waals surface area (Å²) in [6.45, 7) is 2.16. The molecule has 0 aliphatic heterocycles. The number of fused-ring (bicyclic) bond motifs is 1. The molecule has 0 radical (unpaired) electrons. The van der Waals surface area contributed by atoms with E-state index >= 15 is 4.39 Å². The maximum atomic E-state index is 15.2. The standard InChI is InChI=1S/C31H27F4N/c1-2-3-4-5-6-20-8-13-25(28(32)15-20)23-12-14-26-24(18-23)11-10-22(31(26)35)9-7-21-16-29(33)27(19-36)30(34)17-21/h8,10-18H,2-7,9H2,1H3. The molecule has 0 unspecified atom stereocenters. The van der Waals surface area contributed by atoms with Crippen LogP contribution >= 0.6 is 0 Å². The molecule has 0 aliphatic carbocycles. The Bertz CT molecular complexity index is 1410. The molecule has 0 fully saturated rings. The van der Waals surface area contributed by atoms with Gasteiger partial charge >= 0.3 is 0 Å². The minimum Gasteiger partial charge on any atom is -0.206 e. The van der Waals surface area contributed by atoms with Crippen LogP contribution in [-0.2, 0) is 19.3 Å². The van der Waals surface area contributed by atoms with E-state index in [-0.39, 0.29) is 18.7 Å². The number of aryl methyl sites for hydroxylation is 3. The molecule has 0 bridgehead atoms. The van der Waals surface area contributed by atoms with E-state index in [9.17, 15) is 13.2 Å². The van der Waals surface area contributed by atoms with Crippen molar-refractivity contribution in [3.05, 3.63) is 106 Å². The van der Waals surface area contributed by atoms with Crippen molar-refractivity contribution in [2.75, 3.05) is 0 Å². The van der Waals surface area contributed by atoms with Crippen molar-refractivity contribution in [2.24, 2.45) is 0 Å². The highest BCUT2D eigenvalue weighted by Crippen LogP contribution is 2.30. The molecule has 0 saturated carbocycles. The SMILES string of the molecule is CCCCCCc1ccc(-c2ccc3c(F)c(CCc4cc(F)c(C#N)c(F)c4)ccc3c2)c(F)c1. The summed E-state index contributed by atoms with van der Waals surface area (Å²) in [4.78, 5) is 0. The Kier molecular flexibility index (Phi) is 8.05. The topological polar surface area (TPSA) is 23.8 Å². The normalized spacial score (nSPS) is 11.1. The number of nitriles is 1. The molecule has 184 valence electrons. The van der Waals surface area contributed by atoms with E-state index < -0.39 is 23.0 Å². The molecule has 5 heteroatoms. The van der Waals surface area contributed by atoms with Gasteiger partial charge in [0.1, 0.15) is 34.9 Å².